The third kappa shape index (κ3) is 7.76. The normalized spacial score (nSPS) is 18.4. The molecule has 0 spiro atoms. The standard InChI is InChI=1S/C23H38N2O7/c26-19(24-13-11-23(12-14-24,21(28)29)22(30)31)9-7-5-3-1-2-4-6-8-10-20(27)25-15-17-32-18-16-25/h1-18H2,(H,28,29)(H,30,31). The molecule has 0 atom stereocenters. The summed E-state index contributed by atoms with van der Waals surface area (Å²) in [5.74, 6) is -2.41. The summed E-state index contributed by atoms with van der Waals surface area (Å²) in [4.78, 5) is 50.5. The lowest BCUT2D eigenvalue weighted by Crippen LogP contribution is -2.50. The quantitative estimate of drug-likeness (QED) is 0.324. The molecular weight excluding hydrogens is 416 g/mol. The molecule has 2 rings (SSSR count). The number of hydrogen-bond donors (Lipinski definition) is 2. The predicted octanol–water partition coefficient (Wildman–Crippen LogP) is 2.52. The molecule has 2 aliphatic rings. The van der Waals surface area contributed by atoms with Crippen molar-refractivity contribution in [2.24, 2.45) is 5.41 Å². The molecule has 0 saturated carbocycles. The van der Waals surface area contributed by atoms with Gasteiger partial charge in [0.05, 0.1) is 13.2 Å². The Kier molecular flexibility index (Phi) is 10.9. The molecule has 2 saturated heterocycles. The van der Waals surface area contributed by atoms with Crippen molar-refractivity contribution in [3.05, 3.63) is 0 Å². The van der Waals surface area contributed by atoms with Crippen LogP contribution in [0.25, 0.3) is 0 Å². The van der Waals surface area contributed by atoms with Crippen molar-refractivity contribution >= 4 is 23.8 Å². The fourth-order valence-electron chi connectivity index (χ4n) is 4.40. The molecule has 0 unspecified atom stereocenters. The number of carboxylic acids is 2. The van der Waals surface area contributed by atoms with Gasteiger partial charge in [-0.1, -0.05) is 38.5 Å². The van der Waals surface area contributed by atoms with E-state index in [1.165, 1.54) is 0 Å². The van der Waals surface area contributed by atoms with Crippen LogP contribution >= 0.6 is 0 Å². The van der Waals surface area contributed by atoms with E-state index in [1.54, 1.807) is 4.90 Å². The van der Waals surface area contributed by atoms with Gasteiger partial charge < -0.3 is 24.7 Å². The number of aliphatic carboxylic acids is 2. The Labute approximate surface area is 190 Å². The summed E-state index contributed by atoms with van der Waals surface area (Å²) in [5.41, 5.74) is -1.76. The van der Waals surface area contributed by atoms with Gasteiger partial charge in [-0.15, -0.1) is 0 Å². The van der Waals surface area contributed by atoms with Crippen LogP contribution in [0.1, 0.15) is 77.0 Å². The summed E-state index contributed by atoms with van der Waals surface area (Å²) in [6, 6.07) is 0. The van der Waals surface area contributed by atoms with E-state index in [4.69, 9.17) is 4.74 Å². The number of ether oxygens (including phenoxy) is 1. The average Bonchev–Trinajstić information content (AvgIpc) is 2.80. The van der Waals surface area contributed by atoms with Crippen molar-refractivity contribution in [2.45, 2.75) is 77.0 Å². The van der Waals surface area contributed by atoms with Gasteiger partial charge in [-0.25, -0.2) is 0 Å². The smallest absolute Gasteiger partial charge is 0.321 e. The summed E-state index contributed by atoms with van der Waals surface area (Å²) < 4.78 is 5.26. The molecular formula is C23H38N2O7. The van der Waals surface area contributed by atoms with Crippen molar-refractivity contribution < 1.29 is 34.1 Å². The number of hydrogen-bond acceptors (Lipinski definition) is 5. The van der Waals surface area contributed by atoms with Gasteiger partial charge in [-0.05, 0) is 25.7 Å². The minimum absolute atomic E-state index is 0.0145. The van der Waals surface area contributed by atoms with Gasteiger partial charge in [-0.3, -0.25) is 19.2 Å². The number of carboxylic acid groups (broad SMARTS) is 2. The highest BCUT2D eigenvalue weighted by Crippen LogP contribution is 2.32. The lowest BCUT2D eigenvalue weighted by molar-refractivity contribution is -0.169. The Balaban J connectivity index is 1.45. The molecule has 2 aliphatic heterocycles. The van der Waals surface area contributed by atoms with Crippen LogP contribution in [0.2, 0.25) is 0 Å². The lowest BCUT2D eigenvalue weighted by Gasteiger charge is -2.36. The molecule has 0 radical (unpaired) electrons. The van der Waals surface area contributed by atoms with E-state index in [1.807, 2.05) is 4.90 Å². The molecule has 9 heteroatoms. The molecule has 0 bridgehead atoms. The highest BCUT2D eigenvalue weighted by atomic mass is 16.5. The van der Waals surface area contributed by atoms with Crippen LogP contribution in [-0.2, 0) is 23.9 Å². The number of nitrogens with zero attached hydrogens (tertiary/aromatic N) is 2. The second-order valence-electron chi connectivity index (χ2n) is 8.89. The van der Waals surface area contributed by atoms with Crippen LogP contribution in [0, 0.1) is 5.41 Å². The van der Waals surface area contributed by atoms with E-state index in [9.17, 15) is 29.4 Å². The SMILES string of the molecule is O=C(CCCCCCCCCCC(=O)N1CCC(C(=O)O)(C(=O)O)CC1)N1CCOCC1. The third-order valence-electron chi connectivity index (χ3n) is 6.68. The van der Waals surface area contributed by atoms with Crippen LogP contribution in [-0.4, -0.2) is 83.2 Å². The number of amides is 2. The third-order valence-corrected chi connectivity index (χ3v) is 6.68. The molecule has 2 amide bonds. The lowest BCUT2D eigenvalue weighted by atomic mass is 9.78. The van der Waals surface area contributed by atoms with Crippen LogP contribution in [0.3, 0.4) is 0 Å². The Hall–Kier alpha value is -2.16. The van der Waals surface area contributed by atoms with Crippen molar-refractivity contribution in [2.75, 3.05) is 39.4 Å². The Morgan fingerprint density at radius 3 is 1.41 bits per heavy atom. The van der Waals surface area contributed by atoms with E-state index in [0.29, 0.717) is 39.1 Å². The summed E-state index contributed by atoms with van der Waals surface area (Å²) in [6.45, 7) is 3.09. The molecule has 2 fully saturated rings. The number of rotatable bonds is 13. The molecule has 32 heavy (non-hydrogen) atoms. The topological polar surface area (TPSA) is 124 Å². The van der Waals surface area contributed by atoms with Gasteiger partial charge in [0, 0.05) is 39.0 Å². The van der Waals surface area contributed by atoms with E-state index >= 15 is 0 Å². The second kappa shape index (κ2) is 13.4. The number of piperidine rings is 1. The van der Waals surface area contributed by atoms with Crippen molar-refractivity contribution in [3.8, 4) is 0 Å². The zero-order valence-electron chi connectivity index (χ0n) is 19.1. The number of carbonyl (C=O) groups excluding carboxylic acids is 2. The molecule has 0 aromatic rings. The summed E-state index contributed by atoms with van der Waals surface area (Å²) >= 11 is 0. The van der Waals surface area contributed by atoms with Crippen LogP contribution in [0.5, 0.6) is 0 Å². The van der Waals surface area contributed by atoms with Crippen LogP contribution in [0.4, 0.5) is 0 Å². The second-order valence-corrected chi connectivity index (χ2v) is 8.89. The predicted molar refractivity (Wildman–Crippen MR) is 117 cm³/mol. The molecule has 0 aromatic carbocycles. The van der Waals surface area contributed by atoms with Crippen molar-refractivity contribution in [1.82, 2.24) is 9.80 Å². The first-order chi connectivity index (χ1) is 15.4. The Bertz CT molecular complexity index is 622. The molecule has 182 valence electrons. The van der Waals surface area contributed by atoms with Gasteiger partial charge in [-0.2, -0.15) is 0 Å². The fourth-order valence-corrected chi connectivity index (χ4v) is 4.40. The van der Waals surface area contributed by atoms with Crippen molar-refractivity contribution in [3.63, 3.8) is 0 Å². The van der Waals surface area contributed by atoms with Gasteiger partial charge in [0.1, 0.15) is 0 Å². The average molecular weight is 455 g/mol. The van der Waals surface area contributed by atoms with Gasteiger partial charge >= 0.3 is 11.9 Å². The van der Waals surface area contributed by atoms with Crippen LogP contribution in [0.15, 0.2) is 0 Å². The molecule has 2 N–H and O–H groups in total. The van der Waals surface area contributed by atoms with Crippen LogP contribution < -0.4 is 0 Å². The van der Waals surface area contributed by atoms with Crippen molar-refractivity contribution in [1.29, 1.82) is 0 Å². The Morgan fingerprint density at radius 2 is 1.00 bits per heavy atom. The summed E-state index contributed by atoms with van der Waals surface area (Å²) in [5, 5.41) is 18.5. The minimum atomic E-state index is -1.76. The number of unbranched alkanes of at least 4 members (excludes halogenated alkanes) is 7. The summed E-state index contributed by atoms with van der Waals surface area (Å²) in [7, 11) is 0. The maximum atomic E-state index is 12.3. The first-order valence-electron chi connectivity index (χ1n) is 12.0. The zero-order chi connectivity index (χ0) is 23.4. The van der Waals surface area contributed by atoms with Gasteiger partial charge in [0.15, 0.2) is 5.41 Å². The number of carbonyl (C=O) groups is 4. The zero-order valence-corrected chi connectivity index (χ0v) is 19.1. The number of likely N-dealkylation sites (tertiary alicyclic amines) is 1. The molecule has 9 nitrogen and oxygen atoms in total. The molecule has 0 aromatic heterocycles. The highest BCUT2D eigenvalue weighted by Gasteiger charge is 2.49. The molecule has 0 aliphatic carbocycles. The monoisotopic (exact) mass is 454 g/mol. The Morgan fingerprint density at radius 1 is 0.625 bits per heavy atom. The van der Waals surface area contributed by atoms with E-state index in [-0.39, 0.29) is 37.7 Å². The maximum absolute atomic E-state index is 12.3. The van der Waals surface area contributed by atoms with E-state index in [0.717, 1.165) is 51.4 Å². The largest absolute Gasteiger partial charge is 0.480 e. The highest BCUT2D eigenvalue weighted by molar-refractivity contribution is 5.98. The minimum Gasteiger partial charge on any atom is -0.480 e. The first kappa shape index (κ1) is 26.1. The number of morpholine rings is 1. The van der Waals surface area contributed by atoms with E-state index in [2.05, 4.69) is 0 Å². The molecule has 2 heterocycles. The van der Waals surface area contributed by atoms with E-state index < -0.39 is 17.4 Å². The summed E-state index contributed by atoms with van der Waals surface area (Å²) in [6.07, 6.45) is 9.20. The fraction of sp³-hybridized carbons (Fsp3) is 0.826. The van der Waals surface area contributed by atoms with Gasteiger partial charge in [0.2, 0.25) is 11.8 Å². The maximum Gasteiger partial charge on any atom is 0.321 e. The van der Waals surface area contributed by atoms with Gasteiger partial charge in [0.25, 0.3) is 0 Å². The first-order valence-corrected chi connectivity index (χ1v) is 12.0.